The van der Waals surface area contributed by atoms with E-state index < -0.39 is 0 Å². The molecule has 1 N–H and O–H groups in total. The molecule has 0 heterocycles. The maximum atomic E-state index is 12.0. The molecule has 0 aliphatic carbocycles. The molecule has 0 unspecified atom stereocenters. The maximum absolute atomic E-state index is 12.0. The SMILES string of the molecule is COC(=O)CCCCCCC(=O)NN=Cc1ccc(N(c2ccccc2)c2ccccc2)cc1. The third kappa shape index (κ3) is 7.89. The van der Waals surface area contributed by atoms with Gasteiger partial charge in [-0.2, -0.15) is 5.10 Å². The zero-order chi connectivity index (χ0) is 24.0. The molecule has 176 valence electrons. The van der Waals surface area contributed by atoms with E-state index in [1.165, 1.54) is 7.11 Å². The van der Waals surface area contributed by atoms with Crippen molar-refractivity contribution in [2.45, 2.75) is 38.5 Å². The highest BCUT2D eigenvalue weighted by atomic mass is 16.5. The summed E-state index contributed by atoms with van der Waals surface area (Å²) in [5.41, 5.74) is 6.67. The van der Waals surface area contributed by atoms with Gasteiger partial charge in [-0.1, -0.05) is 61.4 Å². The summed E-state index contributed by atoms with van der Waals surface area (Å²) in [5.74, 6) is -0.298. The average Bonchev–Trinajstić information content (AvgIpc) is 2.88. The molecular weight excluding hydrogens is 426 g/mol. The number of hydrogen-bond donors (Lipinski definition) is 1. The molecule has 0 bridgehead atoms. The minimum absolute atomic E-state index is 0.111. The van der Waals surface area contributed by atoms with Crippen molar-refractivity contribution in [3.63, 3.8) is 0 Å². The van der Waals surface area contributed by atoms with Crippen LogP contribution in [0.15, 0.2) is 90.0 Å². The van der Waals surface area contributed by atoms with Gasteiger partial charge in [-0.3, -0.25) is 9.59 Å². The molecule has 3 rings (SSSR count). The lowest BCUT2D eigenvalue weighted by molar-refractivity contribution is -0.140. The minimum atomic E-state index is -0.187. The number of nitrogens with zero attached hydrogens (tertiary/aromatic N) is 2. The van der Waals surface area contributed by atoms with Gasteiger partial charge in [0.1, 0.15) is 0 Å². The first-order chi connectivity index (χ1) is 16.7. The van der Waals surface area contributed by atoms with Crippen LogP contribution in [0.2, 0.25) is 0 Å². The molecule has 0 aliphatic heterocycles. The Bertz CT molecular complexity index is 1010. The van der Waals surface area contributed by atoms with E-state index in [4.69, 9.17) is 0 Å². The first-order valence-electron chi connectivity index (χ1n) is 11.6. The minimum Gasteiger partial charge on any atom is -0.469 e. The van der Waals surface area contributed by atoms with Crippen LogP contribution in [0, 0.1) is 0 Å². The van der Waals surface area contributed by atoms with Crippen LogP contribution in [0.25, 0.3) is 0 Å². The number of hydrazone groups is 1. The number of rotatable bonds is 12. The molecule has 0 aliphatic rings. The van der Waals surface area contributed by atoms with Gasteiger partial charge in [-0.05, 0) is 54.8 Å². The topological polar surface area (TPSA) is 71.0 Å². The quantitative estimate of drug-likeness (QED) is 0.154. The van der Waals surface area contributed by atoms with Crippen molar-refractivity contribution >= 4 is 35.2 Å². The lowest BCUT2D eigenvalue weighted by atomic mass is 10.1. The van der Waals surface area contributed by atoms with Crippen molar-refractivity contribution in [1.29, 1.82) is 0 Å². The van der Waals surface area contributed by atoms with Gasteiger partial charge in [-0.15, -0.1) is 0 Å². The second kappa shape index (κ2) is 13.6. The molecule has 0 fully saturated rings. The zero-order valence-electron chi connectivity index (χ0n) is 19.5. The third-order valence-electron chi connectivity index (χ3n) is 5.35. The number of methoxy groups -OCH3 is 1. The number of esters is 1. The Labute approximate surface area is 201 Å². The standard InChI is InChI=1S/C28H31N3O3/c1-34-28(33)17-11-3-2-10-16-27(32)30-29-22-23-18-20-26(21-19-23)31(24-12-6-4-7-13-24)25-14-8-5-9-15-25/h4-9,12-15,18-22H,2-3,10-11,16-17H2,1H3,(H,30,32). The van der Waals surface area contributed by atoms with Crippen LogP contribution < -0.4 is 10.3 Å². The fourth-order valence-electron chi connectivity index (χ4n) is 3.56. The van der Waals surface area contributed by atoms with Crippen LogP contribution >= 0.6 is 0 Å². The molecule has 6 nitrogen and oxygen atoms in total. The van der Waals surface area contributed by atoms with E-state index in [2.05, 4.69) is 44.4 Å². The zero-order valence-corrected chi connectivity index (χ0v) is 19.5. The van der Waals surface area contributed by atoms with Gasteiger partial charge < -0.3 is 9.64 Å². The first-order valence-corrected chi connectivity index (χ1v) is 11.6. The molecule has 34 heavy (non-hydrogen) atoms. The Morgan fingerprint density at radius 3 is 1.85 bits per heavy atom. The number of hydrogen-bond acceptors (Lipinski definition) is 5. The molecule has 0 radical (unpaired) electrons. The highest BCUT2D eigenvalue weighted by molar-refractivity contribution is 5.84. The van der Waals surface area contributed by atoms with Crippen LogP contribution in [0.3, 0.4) is 0 Å². The van der Waals surface area contributed by atoms with E-state index in [1.54, 1.807) is 6.21 Å². The van der Waals surface area contributed by atoms with Crippen LogP contribution in [-0.2, 0) is 14.3 Å². The van der Waals surface area contributed by atoms with Crippen LogP contribution in [0.5, 0.6) is 0 Å². The number of carbonyl (C=O) groups excluding carboxylic acids is 2. The fourth-order valence-corrected chi connectivity index (χ4v) is 3.56. The van der Waals surface area contributed by atoms with E-state index in [1.807, 2.05) is 60.7 Å². The summed E-state index contributed by atoms with van der Waals surface area (Å²) >= 11 is 0. The van der Waals surface area contributed by atoms with E-state index in [9.17, 15) is 9.59 Å². The molecule has 0 saturated carbocycles. The summed E-state index contributed by atoms with van der Waals surface area (Å²) in [6.45, 7) is 0. The Hall–Kier alpha value is -3.93. The van der Waals surface area contributed by atoms with Crippen LogP contribution in [0.4, 0.5) is 17.1 Å². The van der Waals surface area contributed by atoms with Crippen molar-refractivity contribution < 1.29 is 14.3 Å². The molecule has 1 amide bonds. The van der Waals surface area contributed by atoms with Crippen molar-refractivity contribution in [3.8, 4) is 0 Å². The van der Waals surface area contributed by atoms with Crippen molar-refractivity contribution in [2.75, 3.05) is 12.0 Å². The van der Waals surface area contributed by atoms with Gasteiger partial charge in [0.05, 0.1) is 13.3 Å². The summed E-state index contributed by atoms with van der Waals surface area (Å²) in [6.07, 6.45) is 5.85. The summed E-state index contributed by atoms with van der Waals surface area (Å²) < 4.78 is 4.61. The first kappa shape index (κ1) is 24.7. The number of carbonyl (C=O) groups is 2. The van der Waals surface area contributed by atoms with Crippen LogP contribution in [0.1, 0.15) is 44.1 Å². The molecule has 6 heteroatoms. The molecule has 3 aromatic rings. The number of amides is 1. The highest BCUT2D eigenvalue weighted by Crippen LogP contribution is 2.33. The summed E-state index contributed by atoms with van der Waals surface area (Å²) in [4.78, 5) is 25.2. The number of para-hydroxylation sites is 2. The molecule has 0 saturated heterocycles. The van der Waals surface area contributed by atoms with Crippen molar-refractivity contribution in [1.82, 2.24) is 5.43 Å². The number of nitrogens with one attached hydrogen (secondary N) is 1. The number of unbranched alkanes of at least 4 members (excludes halogenated alkanes) is 3. The normalized spacial score (nSPS) is 10.7. The summed E-state index contributed by atoms with van der Waals surface area (Å²) in [7, 11) is 1.39. The smallest absolute Gasteiger partial charge is 0.305 e. The lowest BCUT2D eigenvalue weighted by Gasteiger charge is -2.25. The van der Waals surface area contributed by atoms with Gasteiger partial charge in [0.2, 0.25) is 5.91 Å². The Balaban J connectivity index is 1.51. The van der Waals surface area contributed by atoms with Gasteiger partial charge in [0.15, 0.2) is 0 Å². The fraction of sp³-hybridized carbons (Fsp3) is 0.250. The Kier molecular flexibility index (Phi) is 9.87. The Morgan fingerprint density at radius 1 is 0.765 bits per heavy atom. The maximum Gasteiger partial charge on any atom is 0.305 e. The van der Waals surface area contributed by atoms with E-state index in [0.717, 1.165) is 48.3 Å². The monoisotopic (exact) mass is 457 g/mol. The van der Waals surface area contributed by atoms with Crippen molar-refractivity contribution in [3.05, 3.63) is 90.5 Å². The second-order valence-corrected chi connectivity index (χ2v) is 7.88. The highest BCUT2D eigenvalue weighted by Gasteiger charge is 2.11. The molecule has 0 spiro atoms. The molecular formula is C28H31N3O3. The van der Waals surface area contributed by atoms with Crippen molar-refractivity contribution in [2.24, 2.45) is 5.10 Å². The van der Waals surface area contributed by atoms with Gasteiger partial charge in [0, 0.05) is 29.9 Å². The lowest BCUT2D eigenvalue weighted by Crippen LogP contribution is -2.16. The summed E-state index contributed by atoms with van der Waals surface area (Å²) in [5, 5.41) is 4.08. The molecule has 3 aromatic carbocycles. The second-order valence-electron chi connectivity index (χ2n) is 7.88. The Morgan fingerprint density at radius 2 is 1.29 bits per heavy atom. The number of anilines is 3. The number of ether oxygens (including phenoxy) is 1. The van der Waals surface area contributed by atoms with Crippen LogP contribution in [-0.4, -0.2) is 25.2 Å². The van der Waals surface area contributed by atoms with Gasteiger partial charge in [0.25, 0.3) is 0 Å². The van der Waals surface area contributed by atoms with Gasteiger partial charge >= 0.3 is 5.97 Å². The van der Waals surface area contributed by atoms with E-state index in [-0.39, 0.29) is 11.9 Å². The van der Waals surface area contributed by atoms with Gasteiger partial charge in [-0.25, -0.2) is 5.43 Å². The third-order valence-corrected chi connectivity index (χ3v) is 5.35. The predicted octanol–water partition coefficient (Wildman–Crippen LogP) is 6.12. The molecule has 0 aromatic heterocycles. The van der Waals surface area contributed by atoms with E-state index in [0.29, 0.717) is 12.8 Å². The summed E-state index contributed by atoms with van der Waals surface area (Å²) in [6, 6.07) is 28.5. The van der Waals surface area contributed by atoms with E-state index >= 15 is 0 Å². The average molecular weight is 458 g/mol. The number of benzene rings is 3. The molecule has 0 atom stereocenters. The largest absolute Gasteiger partial charge is 0.469 e. The predicted molar refractivity (Wildman–Crippen MR) is 137 cm³/mol.